The van der Waals surface area contributed by atoms with Crippen molar-refractivity contribution < 1.29 is 4.39 Å². The first-order valence-electron chi connectivity index (χ1n) is 6.35. The van der Waals surface area contributed by atoms with Crippen molar-refractivity contribution in [1.29, 1.82) is 0 Å². The van der Waals surface area contributed by atoms with Crippen molar-refractivity contribution >= 4 is 5.69 Å². The zero-order valence-electron chi connectivity index (χ0n) is 11.4. The largest absolute Gasteiger partial charge is 0.370 e. The summed E-state index contributed by atoms with van der Waals surface area (Å²) in [4.78, 5) is 2.10. The highest BCUT2D eigenvalue weighted by atomic mass is 19.1. The van der Waals surface area contributed by atoms with E-state index in [-0.39, 0.29) is 5.82 Å². The van der Waals surface area contributed by atoms with Crippen molar-refractivity contribution in [2.24, 2.45) is 5.73 Å². The Bertz CT molecular complexity index is 566. The van der Waals surface area contributed by atoms with E-state index in [1.165, 1.54) is 11.6 Å². The molecule has 0 atom stereocenters. The monoisotopic (exact) mass is 258 g/mol. The maximum atomic E-state index is 13.3. The van der Waals surface area contributed by atoms with Gasteiger partial charge in [-0.05, 0) is 41.8 Å². The molecule has 2 N–H and O–H groups in total. The van der Waals surface area contributed by atoms with Crippen molar-refractivity contribution in [1.82, 2.24) is 0 Å². The molecule has 0 aliphatic heterocycles. The summed E-state index contributed by atoms with van der Waals surface area (Å²) in [6.45, 7) is 3.11. The molecular formula is C16H19FN2. The summed E-state index contributed by atoms with van der Waals surface area (Å²) in [6, 6.07) is 13.4. The molecule has 0 radical (unpaired) electrons. The molecule has 0 spiro atoms. The van der Waals surface area contributed by atoms with Gasteiger partial charge >= 0.3 is 0 Å². The summed E-state index contributed by atoms with van der Waals surface area (Å²) in [5.41, 5.74) is 9.65. The number of hydrogen-bond donors (Lipinski definition) is 1. The number of halogens is 1. The minimum atomic E-state index is -0.165. The first kappa shape index (κ1) is 13.6. The predicted molar refractivity (Wildman–Crippen MR) is 77.6 cm³/mol. The van der Waals surface area contributed by atoms with Crippen LogP contribution >= 0.6 is 0 Å². The fraction of sp³-hybridized carbons (Fsp3) is 0.250. The number of nitrogens with zero attached hydrogens (tertiary/aromatic N) is 1. The first-order valence-corrected chi connectivity index (χ1v) is 6.35. The molecule has 0 bridgehead atoms. The minimum absolute atomic E-state index is 0.165. The smallest absolute Gasteiger partial charge is 0.126 e. The predicted octanol–water partition coefficient (Wildman–Crippen LogP) is 3.23. The van der Waals surface area contributed by atoms with Crippen LogP contribution in [0.4, 0.5) is 10.1 Å². The van der Waals surface area contributed by atoms with E-state index in [0.717, 1.165) is 17.8 Å². The summed E-state index contributed by atoms with van der Waals surface area (Å²) in [7, 11) is 2.00. The van der Waals surface area contributed by atoms with Gasteiger partial charge in [-0.2, -0.15) is 0 Å². The second-order valence-electron chi connectivity index (χ2n) is 4.81. The highest BCUT2D eigenvalue weighted by Gasteiger charge is 2.05. The minimum Gasteiger partial charge on any atom is -0.370 e. The van der Waals surface area contributed by atoms with Crippen LogP contribution in [0.2, 0.25) is 0 Å². The zero-order chi connectivity index (χ0) is 13.8. The maximum Gasteiger partial charge on any atom is 0.126 e. The number of aryl methyl sites for hydroxylation is 1. The fourth-order valence-electron chi connectivity index (χ4n) is 2.09. The maximum absolute atomic E-state index is 13.3. The quantitative estimate of drug-likeness (QED) is 0.912. The van der Waals surface area contributed by atoms with E-state index in [0.29, 0.717) is 12.1 Å². The van der Waals surface area contributed by atoms with E-state index in [2.05, 4.69) is 17.0 Å². The third-order valence-electron chi connectivity index (χ3n) is 3.23. The molecule has 3 heteroatoms. The number of nitrogens with two attached hydrogens (primary N) is 1. The van der Waals surface area contributed by atoms with Crippen LogP contribution in [0.3, 0.4) is 0 Å². The Labute approximate surface area is 113 Å². The van der Waals surface area contributed by atoms with E-state index < -0.39 is 0 Å². The van der Waals surface area contributed by atoms with Crippen molar-refractivity contribution in [3.05, 3.63) is 65.0 Å². The van der Waals surface area contributed by atoms with Crippen molar-refractivity contribution in [2.45, 2.75) is 20.0 Å². The molecule has 0 aliphatic carbocycles. The van der Waals surface area contributed by atoms with Gasteiger partial charge in [0, 0.05) is 25.8 Å². The third-order valence-corrected chi connectivity index (χ3v) is 3.23. The van der Waals surface area contributed by atoms with E-state index in [4.69, 9.17) is 5.73 Å². The van der Waals surface area contributed by atoms with Crippen LogP contribution in [0, 0.1) is 12.7 Å². The molecule has 0 saturated heterocycles. The van der Waals surface area contributed by atoms with Crippen LogP contribution in [-0.4, -0.2) is 7.05 Å². The third kappa shape index (κ3) is 3.32. The molecule has 0 fully saturated rings. The molecule has 0 aromatic heterocycles. The van der Waals surface area contributed by atoms with Crippen LogP contribution < -0.4 is 10.6 Å². The summed E-state index contributed by atoms with van der Waals surface area (Å²) in [6.07, 6.45) is 0. The van der Waals surface area contributed by atoms with Gasteiger partial charge in [0.2, 0.25) is 0 Å². The van der Waals surface area contributed by atoms with E-state index >= 15 is 0 Å². The molecule has 0 saturated carbocycles. The molecule has 0 aliphatic rings. The average Bonchev–Trinajstić information content (AvgIpc) is 2.42. The van der Waals surface area contributed by atoms with Crippen molar-refractivity contribution in [2.75, 3.05) is 11.9 Å². The van der Waals surface area contributed by atoms with Crippen LogP contribution in [0.1, 0.15) is 16.7 Å². The lowest BCUT2D eigenvalue weighted by Crippen LogP contribution is -2.16. The van der Waals surface area contributed by atoms with E-state index in [1.54, 1.807) is 13.0 Å². The molecule has 2 aromatic rings. The standard InChI is InChI=1S/C16H19FN2/c1-12-8-15(6-7-16(12)17)19(2)11-14-5-3-4-13(9-14)10-18/h3-9H,10-11,18H2,1-2H3. The Morgan fingerprint density at radius 3 is 2.53 bits per heavy atom. The summed E-state index contributed by atoms with van der Waals surface area (Å²) >= 11 is 0. The fourth-order valence-corrected chi connectivity index (χ4v) is 2.09. The van der Waals surface area contributed by atoms with Gasteiger partial charge in [-0.1, -0.05) is 24.3 Å². The van der Waals surface area contributed by atoms with Crippen molar-refractivity contribution in [3.8, 4) is 0 Å². The van der Waals surface area contributed by atoms with Gasteiger partial charge in [0.15, 0.2) is 0 Å². The normalized spacial score (nSPS) is 10.5. The van der Waals surface area contributed by atoms with Gasteiger partial charge in [-0.25, -0.2) is 4.39 Å². The molecule has 19 heavy (non-hydrogen) atoms. The second kappa shape index (κ2) is 5.85. The highest BCUT2D eigenvalue weighted by Crippen LogP contribution is 2.19. The van der Waals surface area contributed by atoms with Crippen molar-refractivity contribution in [3.63, 3.8) is 0 Å². The molecule has 0 heterocycles. The number of benzene rings is 2. The van der Waals surface area contributed by atoms with E-state index in [1.807, 2.05) is 25.2 Å². The summed E-state index contributed by atoms with van der Waals surface area (Å²) in [5.74, 6) is -0.165. The number of anilines is 1. The molecule has 2 rings (SSSR count). The number of hydrogen-bond acceptors (Lipinski definition) is 2. The Kier molecular flexibility index (Phi) is 4.17. The highest BCUT2D eigenvalue weighted by molar-refractivity contribution is 5.48. The summed E-state index contributed by atoms with van der Waals surface area (Å²) in [5, 5.41) is 0. The molecule has 0 amide bonds. The van der Waals surface area contributed by atoms with Crippen LogP contribution in [-0.2, 0) is 13.1 Å². The molecule has 2 nitrogen and oxygen atoms in total. The average molecular weight is 258 g/mol. The van der Waals surface area contributed by atoms with Gasteiger partial charge in [-0.15, -0.1) is 0 Å². The Morgan fingerprint density at radius 1 is 1.11 bits per heavy atom. The van der Waals surface area contributed by atoms with Gasteiger partial charge in [0.25, 0.3) is 0 Å². The number of rotatable bonds is 4. The van der Waals surface area contributed by atoms with E-state index in [9.17, 15) is 4.39 Å². The lowest BCUT2D eigenvalue weighted by molar-refractivity contribution is 0.618. The van der Waals surface area contributed by atoms with Gasteiger partial charge < -0.3 is 10.6 Å². The van der Waals surface area contributed by atoms with Gasteiger partial charge in [0.05, 0.1) is 0 Å². The van der Waals surface area contributed by atoms with Crippen LogP contribution in [0.5, 0.6) is 0 Å². The molecule has 100 valence electrons. The second-order valence-corrected chi connectivity index (χ2v) is 4.81. The zero-order valence-corrected chi connectivity index (χ0v) is 11.4. The summed E-state index contributed by atoms with van der Waals surface area (Å²) < 4.78 is 13.3. The lowest BCUT2D eigenvalue weighted by Gasteiger charge is -2.20. The van der Waals surface area contributed by atoms with Gasteiger partial charge in [0.1, 0.15) is 5.82 Å². The molecule has 2 aromatic carbocycles. The van der Waals surface area contributed by atoms with Crippen LogP contribution in [0.25, 0.3) is 0 Å². The van der Waals surface area contributed by atoms with Crippen LogP contribution in [0.15, 0.2) is 42.5 Å². The Balaban J connectivity index is 2.15. The Morgan fingerprint density at radius 2 is 1.84 bits per heavy atom. The van der Waals surface area contributed by atoms with Gasteiger partial charge in [-0.3, -0.25) is 0 Å². The Hall–Kier alpha value is -1.87. The SMILES string of the molecule is Cc1cc(N(C)Cc2cccc(CN)c2)ccc1F. The lowest BCUT2D eigenvalue weighted by atomic mass is 10.1. The molecule has 0 unspecified atom stereocenters. The topological polar surface area (TPSA) is 29.3 Å². The first-order chi connectivity index (χ1) is 9.10. The molecular weight excluding hydrogens is 239 g/mol.